The van der Waals surface area contributed by atoms with Gasteiger partial charge in [-0.25, -0.2) is 0 Å². The van der Waals surface area contributed by atoms with Crippen molar-refractivity contribution in [1.29, 1.82) is 5.26 Å². The SMILES string of the molecule is Cl.N#Cc1c[nH]cc1O. The maximum atomic E-state index is 8.70. The molecule has 1 aromatic rings. The normalized spacial score (nSPS) is 7.44. The minimum atomic E-state index is 0. The van der Waals surface area contributed by atoms with Crippen LogP contribution >= 0.6 is 12.4 Å². The lowest BCUT2D eigenvalue weighted by atomic mass is 10.4. The molecule has 4 heteroatoms. The summed E-state index contributed by atoms with van der Waals surface area (Å²) < 4.78 is 0. The minimum absolute atomic E-state index is 0. The summed E-state index contributed by atoms with van der Waals surface area (Å²) in [6.07, 6.45) is 2.80. The van der Waals surface area contributed by atoms with Crippen LogP contribution in [0.4, 0.5) is 0 Å². The van der Waals surface area contributed by atoms with Crippen LogP contribution in [0.3, 0.4) is 0 Å². The van der Waals surface area contributed by atoms with Gasteiger partial charge in [0.1, 0.15) is 11.6 Å². The average molecular weight is 145 g/mol. The number of hydrogen-bond donors (Lipinski definition) is 2. The number of nitrogens with one attached hydrogen (secondary N) is 1. The van der Waals surface area contributed by atoms with Crippen molar-refractivity contribution in [1.82, 2.24) is 4.98 Å². The third-order valence-electron chi connectivity index (χ3n) is 0.844. The fourth-order valence-corrected chi connectivity index (χ4v) is 0.445. The molecule has 1 rings (SSSR count). The van der Waals surface area contributed by atoms with Gasteiger partial charge in [0.25, 0.3) is 0 Å². The number of aromatic nitrogens is 1. The third-order valence-corrected chi connectivity index (χ3v) is 0.844. The van der Waals surface area contributed by atoms with Crippen LogP contribution in [0.25, 0.3) is 0 Å². The molecule has 0 spiro atoms. The highest BCUT2D eigenvalue weighted by atomic mass is 35.5. The molecule has 0 saturated heterocycles. The Balaban J connectivity index is 0.000000640. The van der Waals surface area contributed by atoms with Crippen LogP contribution in [-0.2, 0) is 0 Å². The molecule has 1 heterocycles. The van der Waals surface area contributed by atoms with Crippen molar-refractivity contribution in [3.05, 3.63) is 18.0 Å². The van der Waals surface area contributed by atoms with Crippen molar-refractivity contribution in [3.63, 3.8) is 0 Å². The maximum Gasteiger partial charge on any atom is 0.150 e. The van der Waals surface area contributed by atoms with Gasteiger partial charge in [-0.15, -0.1) is 12.4 Å². The summed E-state index contributed by atoms with van der Waals surface area (Å²) >= 11 is 0. The topological polar surface area (TPSA) is 59.8 Å². The predicted octanol–water partition coefficient (Wildman–Crippen LogP) is 1.01. The summed E-state index contributed by atoms with van der Waals surface area (Å²) in [5.41, 5.74) is 0.282. The number of halogens is 1. The molecule has 0 aliphatic rings. The van der Waals surface area contributed by atoms with Crippen LogP contribution in [0.1, 0.15) is 5.56 Å². The first kappa shape index (κ1) is 7.86. The van der Waals surface area contributed by atoms with Gasteiger partial charge in [-0.3, -0.25) is 0 Å². The summed E-state index contributed by atoms with van der Waals surface area (Å²) in [6, 6.07) is 1.79. The Bertz CT molecular complexity index is 225. The van der Waals surface area contributed by atoms with Crippen molar-refractivity contribution in [2.24, 2.45) is 0 Å². The summed E-state index contributed by atoms with van der Waals surface area (Å²) in [5, 5.41) is 16.9. The zero-order chi connectivity index (χ0) is 5.98. The molecular formula is C5H5ClN2O. The van der Waals surface area contributed by atoms with Crippen LogP contribution < -0.4 is 0 Å². The number of aromatic hydroxyl groups is 1. The maximum absolute atomic E-state index is 8.70. The second-order valence-corrected chi connectivity index (χ2v) is 1.37. The van der Waals surface area contributed by atoms with Gasteiger partial charge in [0.2, 0.25) is 0 Å². The van der Waals surface area contributed by atoms with Crippen LogP contribution in [-0.4, -0.2) is 10.1 Å². The first-order valence-electron chi connectivity index (χ1n) is 2.10. The van der Waals surface area contributed by atoms with Gasteiger partial charge >= 0.3 is 0 Å². The Kier molecular flexibility index (Phi) is 2.62. The van der Waals surface area contributed by atoms with Crippen LogP contribution in [0.2, 0.25) is 0 Å². The standard InChI is InChI=1S/C5H4N2O.ClH/c6-1-4-2-7-3-5(4)8;/h2-3,7-8H;1H. The van der Waals surface area contributed by atoms with E-state index in [1.54, 1.807) is 6.07 Å². The summed E-state index contributed by atoms with van der Waals surface area (Å²) in [4.78, 5) is 2.58. The molecule has 0 unspecified atom stereocenters. The molecule has 1 aromatic heterocycles. The van der Waals surface area contributed by atoms with Gasteiger partial charge in [0.15, 0.2) is 5.75 Å². The first-order valence-corrected chi connectivity index (χ1v) is 2.10. The fourth-order valence-electron chi connectivity index (χ4n) is 0.445. The van der Waals surface area contributed by atoms with Gasteiger partial charge in [-0.1, -0.05) is 0 Å². The van der Waals surface area contributed by atoms with Crippen molar-refractivity contribution >= 4 is 12.4 Å². The average Bonchev–Trinajstić information content (AvgIpc) is 2.14. The number of rotatable bonds is 0. The third kappa shape index (κ3) is 1.37. The monoisotopic (exact) mass is 144 g/mol. The Morgan fingerprint density at radius 2 is 2.22 bits per heavy atom. The Hall–Kier alpha value is -1.14. The second-order valence-electron chi connectivity index (χ2n) is 1.37. The molecule has 0 bridgehead atoms. The zero-order valence-electron chi connectivity index (χ0n) is 4.46. The van der Waals surface area contributed by atoms with Crippen LogP contribution in [0.5, 0.6) is 5.75 Å². The van der Waals surface area contributed by atoms with Gasteiger partial charge < -0.3 is 10.1 Å². The smallest absolute Gasteiger partial charge is 0.150 e. The second kappa shape index (κ2) is 3.00. The van der Waals surface area contributed by atoms with E-state index >= 15 is 0 Å². The lowest BCUT2D eigenvalue weighted by molar-refractivity contribution is 0.474. The molecule has 3 nitrogen and oxygen atoms in total. The van der Waals surface area contributed by atoms with Crippen molar-refractivity contribution in [3.8, 4) is 11.8 Å². The molecular weight excluding hydrogens is 140 g/mol. The van der Waals surface area contributed by atoms with E-state index in [0.29, 0.717) is 0 Å². The largest absolute Gasteiger partial charge is 0.505 e. The van der Waals surface area contributed by atoms with Crippen molar-refractivity contribution in [2.75, 3.05) is 0 Å². The van der Waals surface area contributed by atoms with Crippen molar-refractivity contribution < 1.29 is 5.11 Å². The Morgan fingerprint density at radius 1 is 1.56 bits per heavy atom. The molecule has 9 heavy (non-hydrogen) atoms. The number of H-pyrrole nitrogens is 1. The highest BCUT2D eigenvalue weighted by molar-refractivity contribution is 5.85. The molecule has 0 saturated carbocycles. The molecule has 0 atom stereocenters. The number of nitrogens with zero attached hydrogens (tertiary/aromatic N) is 1. The van der Waals surface area contributed by atoms with Gasteiger partial charge in [0, 0.05) is 12.4 Å². The van der Waals surface area contributed by atoms with Gasteiger partial charge in [-0.2, -0.15) is 5.26 Å². The Morgan fingerprint density at radius 3 is 2.44 bits per heavy atom. The quantitative estimate of drug-likeness (QED) is 0.571. The van der Waals surface area contributed by atoms with Gasteiger partial charge in [-0.05, 0) is 0 Å². The van der Waals surface area contributed by atoms with E-state index in [-0.39, 0.29) is 23.7 Å². The van der Waals surface area contributed by atoms with E-state index in [1.165, 1.54) is 12.4 Å². The summed E-state index contributed by atoms with van der Waals surface area (Å²) in [7, 11) is 0. The van der Waals surface area contributed by atoms with E-state index in [2.05, 4.69) is 4.98 Å². The minimum Gasteiger partial charge on any atom is -0.505 e. The molecule has 0 aliphatic carbocycles. The molecule has 48 valence electrons. The molecule has 2 N–H and O–H groups in total. The Labute approximate surface area is 58.3 Å². The van der Waals surface area contributed by atoms with E-state index < -0.39 is 0 Å². The van der Waals surface area contributed by atoms with E-state index in [4.69, 9.17) is 10.4 Å². The predicted molar refractivity (Wildman–Crippen MR) is 34.4 cm³/mol. The number of nitriles is 1. The molecule has 0 aromatic carbocycles. The molecule has 0 radical (unpaired) electrons. The number of aromatic amines is 1. The highest BCUT2D eigenvalue weighted by Gasteiger charge is 1.95. The highest BCUT2D eigenvalue weighted by Crippen LogP contribution is 2.11. The number of hydrogen-bond acceptors (Lipinski definition) is 2. The zero-order valence-corrected chi connectivity index (χ0v) is 5.27. The summed E-state index contributed by atoms with van der Waals surface area (Å²) in [5.74, 6) is 0.00694. The van der Waals surface area contributed by atoms with Crippen LogP contribution in [0.15, 0.2) is 12.4 Å². The lowest BCUT2D eigenvalue weighted by Crippen LogP contribution is -1.61. The first-order chi connectivity index (χ1) is 3.84. The van der Waals surface area contributed by atoms with Gasteiger partial charge in [0.05, 0.1) is 0 Å². The van der Waals surface area contributed by atoms with E-state index in [1.807, 2.05) is 0 Å². The van der Waals surface area contributed by atoms with Crippen molar-refractivity contribution in [2.45, 2.75) is 0 Å². The molecule has 0 fully saturated rings. The van der Waals surface area contributed by atoms with Crippen LogP contribution in [0, 0.1) is 11.3 Å². The molecule has 0 aliphatic heterocycles. The van der Waals surface area contributed by atoms with E-state index in [0.717, 1.165) is 0 Å². The summed E-state index contributed by atoms with van der Waals surface area (Å²) in [6.45, 7) is 0. The lowest BCUT2D eigenvalue weighted by Gasteiger charge is -1.76. The fraction of sp³-hybridized carbons (Fsp3) is 0. The van der Waals surface area contributed by atoms with E-state index in [9.17, 15) is 0 Å². The molecule has 0 amide bonds.